The van der Waals surface area contributed by atoms with Crippen molar-refractivity contribution < 1.29 is 5.32 Å². The van der Waals surface area contributed by atoms with E-state index in [-0.39, 0.29) is 0 Å². The summed E-state index contributed by atoms with van der Waals surface area (Å²) < 4.78 is 1.13. The van der Waals surface area contributed by atoms with Crippen molar-refractivity contribution in [2.45, 2.75) is 12.5 Å². The zero-order valence-corrected chi connectivity index (χ0v) is 12.7. The lowest BCUT2D eigenvalue weighted by Gasteiger charge is -2.21. The van der Waals surface area contributed by atoms with Gasteiger partial charge in [0.05, 0.1) is 12.2 Å². The van der Waals surface area contributed by atoms with Gasteiger partial charge in [0.2, 0.25) is 0 Å². The number of benzene rings is 2. The second kappa shape index (κ2) is 4.76. The van der Waals surface area contributed by atoms with Gasteiger partial charge in [0.25, 0.3) is 0 Å². The highest BCUT2D eigenvalue weighted by Crippen LogP contribution is 2.30. The summed E-state index contributed by atoms with van der Waals surface area (Å²) >= 11 is 3.51. The molecule has 1 atom stereocenters. The van der Waals surface area contributed by atoms with Crippen molar-refractivity contribution in [3.8, 4) is 0 Å². The number of H-pyrrole nitrogens is 1. The van der Waals surface area contributed by atoms with Gasteiger partial charge in [-0.15, -0.1) is 0 Å². The largest absolute Gasteiger partial charge is 0.353 e. The number of aromatic amines is 1. The van der Waals surface area contributed by atoms with Crippen LogP contribution in [-0.4, -0.2) is 11.5 Å². The fourth-order valence-corrected chi connectivity index (χ4v) is 3.51. The van der Waals surface area contributed by atoms with E-state index in [1.165, 1.54) is 27.7 Å². The van der Waals surface area contributed by atoms with Crippen LogP contribution in [-0.2, 0) is 6.42 Å². The molecule has 0 unspecified atom stereocenters. The maximum Gasteiger partial charge on any atom is 0.153 e. The first kappa shape index (κ1) is 12.2. The maximum atomic E-state index is 3.64. The van der Waals surface area contributed by atoms with Crippen molar-refractivity contribution in [2.24, 2.45) is 0 Å². The summed E-state index contributed by atoms with van der Waals surface area (Å²) in [5.41, 5.74) is 5.49. The Bertz CT molecular complexity index is 758. The third kappa shape index (κ3) is 1.89. The Hall–Kier alpha value is -1.58. The minimum absolute atomic E-state index is 0.388. The summed E-state index contributed by atoms with van der Waals surface area (Å²) in [4.78, 5) is 3.64. The number of rotatable bonds is 1. The lowest BCUT2D eigenvalue weighted by atomic mass is 9.94. The van der Waals surface area contributed by atoms with Gasteiger partial charge in [-0.05, 0) is 23.8 Å². The predicted octanol–water partition coefficient (Wildman–Crippen LogP) is 3.14. The molecule has 0 spiro atoms. The van der Waals surface area contributed by atoms with Crippen LogP contribution in [0.2, 0.25) is 0 Å². The highest BCUT2D eigenvalue weighted by atomic mass is 79.9. The second-order valence-corrected chi connectivity index (χ2v) is 6.28. The first-order valence-corrected chi connectivity index (χ1v) is 7.80. The normalized spacial score (nSPS) is 18.1. The summed E-state index contributed by atoms with van der Waals surface area (Å²) in [5, 5.41) is 3.82. The summed E-state index contributed by atoms with van der Waals surface area (Å²) in [6, 6.07) is 17.7. The lowest BCUT2D eigenvalue weighted by molar-refractivity contribution is -0.690. The van der Waals surface area contributed by atoms with E-state index in [0.29, 0.717) is 6.04 Å². The van der Waals surface area contributed by atoms with Gasteiger partial charge < -0.3 is 10.3 Å². The predicted molar refractivity (Wildman–Crippen MR) is 84.8 cm³/mol. The molecule has 100 valence electrons. The zero-order valence-electron chi connectivity index (χ0n) is 11.1. The molecule has 0 aliphatic carbocycles. The average Bonchev–Trinajstić information content (AvgIpc) is 2.87. The van der Waals surface area contributed by atoms with Crippen molar-refractivity contribution in [2.75, 3.05) is 6.54 Å². The van der Waals surface area contributed by atoms with Crippen molar-refractivity contribution in [1.82, 2.24) is 4.98 Å². The minimum atomic E-state index is 0.388. The van der Waals surface area contributed by atoms with Crippen molar-refractivity contribution in [3.05, 3.63) is 69.8 Å². The zero-order chi connectivity index (χ0) is 13.5. The van der Waals surface area contributed by atoms with Crippen LogP contribution >= 0.6 is 15.9 Å². The van der Waals surface area contributed by atoms with Crippen LogP contribution in [0.3, 0.4) is 0 Å². The topological polar surface area (TPSA) is 32.4 Å². The summed E-state index contributed by atoms with van der Waals surface area (Å²) in [5.74, 6) is 0. The molecule has 4 rings (SSSR count). The van der Waals surface area contributed by atoms with Gasteiger partial charge in [0, 0.05) is 27.4 Å². The van der Waals surface area contributed by atoms with Gasteiger partial charge >= 0.3 is 0 Å². The number of halogens is 1. The van der Waals surface area contributed by atoms with Gasteiger partial charge in [-0.3, -0.25) is 0 Å². The van der Waals surface area contributed by atoms with E-state index < -0.39 is 0 Å². The van der Waals surface area contributed by atoms with Gasteiger partial charge in [0.1, 0.15) is 0 Å². The molecule has 0 amide bonds. The van der Waals surface area contributed by atoms with E-state index in [1.807, 2.05) is 0 Å². The number of nitrogens with two attached hydrogens (primary N) is 1. The second-order valence-electron chi connectivity index (χ2n) is 5.37. The molecule has 0 saturated carbocycles. The number of quaternary nitrogens is 1. The number of aromatic nitrogens is 1. The summed E-state index contributed by atoms with van der Waals surface area (Å²) in [7, 11) is 0. The highest BCUT2D eigenvalue weighted by molar-refractivity contribution is 9.10. The molecule has 1 aliphatic heterocycles. The summed E-state index contributed by atoms with van der Waals surface area (Å²) in [6.07, 6.45) is 1.15. The Labute approximate surface area is 126 Å². The van der Waals surface area contributed by atoms with E-state index in [0.717, 1.165) is 17.4 Å². The van der Waals surface area contributed by atoms with Gasteiger partial charge in [-0.25, -0.2) is 0 Å². The fraction of sp³-hybridized carbons (Fsp3) is 0.176. The van der Waals surface area contributed by atoms with E-state index in [4.69, 9.17) is 0 Å². The summed E-state index contributed by atoms with van der Waals surface area (Å²) in [6.45, 7) is 1.15. The number of hydrogen-bond donors (Lipinski definition) is 2. The molecule has 1 aliphatic rings. The van der Waals surface area contributed by atoms with Crippen LogP contribution in [0.4, 0.5) is 0 Å². The SMILES string of the molecule is Brc1ccc([C@@H]2[NH2+]CCc3c2[nH]c2ccccc32)cc1. The van der Waals surface area contributed by atoms with E-state index in [1.54, 1.807) is 0 Å². The monoisotopic (exact) mass is 327 g/mol. The van der Waals surface area contributed by atoms with Crippen LogP contribution in [0.25, 0.3) is 10.9 Å². The van der Waals surface area contributed by atoms with Crippen LogP contribution < -0.4 is 5.32 Å². The molecule has 1 aromatic heterocycles. The van der Waals surface area contributed by atoms with E-state index >= 15 is 0 Å². The lowest BCUT2D eigenvalue weighted by Crippen LogP contribution is -2.87. The highest BCUT2D eigenvalue weighted by Gasteiger charge is 2.28. The first-order chi connectivity index (χ1) is 9.83. The molecule has 2 nitrogen and oxygen atoms in total. The quantitative estimate of drug-likeness (QED) is 0.688. The van der Waals surface area contributed by atoms with Crippen LogP contribution in [0.15, 0.2) is 53.0 Å². The maximum absolute atomic E-state index is 3.64. The standard InChI is InChI=1S/C17H15BrN2/c18-12-7-5-11(6-8-12)16-17-14(9-10-19-16)13-3-1-2-4-15(13)20-17/h1-8,16,19-20H,9-10H2/p+1/t16-/m0/s1. The van der Waals surface area contributed by atoms with Crippen LogP contribution in [0.5, 0.6) is 0 Å². The molecule has 3 N–H and O–H groups in total. The Balaban J connectivity index is 1.87. The van der Waals surface area contributed by atoms with Crippen molar-refractivity contribution >= 4 is 26.8 Å². The number of para-hydroxylation sites is 1. The van der Waals surface area contributed by atoms with Crippen molar-refractivity contribution in [1.29, 1.82) is 0 Å². The minimum Gasteiger partial charge on any atom is -0.353 e. The smallest absolute Gasteiger partial charge is 0.153 e. The molecule has 2 heterocycles. The molecule has 3 aromatic rings. The molecule has 2 aromatic carbocycles. The molecular formula is C17H16BrN2+. The van der Waals surface area contributed by atoms with Gasteiger partial charge in [-0.1, -0.05) is 46.3 Å². The number of hydrogen-bond acceptors (Lipinski definition) is 0. The van der Waals surface area contributed by atoms with Gasteiger partial charge in [0.15, 0.2) is 6.04 Å². The number of nitrogens with one attached hydrogen (secondary N) is 1. The Morgan fingerprint density at radius 3 is 2.70 bits per heavy atom. The number of fused-ring (bicyclic) bond motifs is 3. The molecule has 3 heteroatoms. The van der Waals surface area contributed by atoms with E-state index in [9.17, 15) is 0 Å². The van der Waals surface area contributed by atoms with Crippen LogP contribution in [0, 0.1) is 0 Å². The molecule has 20 heavy (non-hydrogen) atoms. The van der Waals surface area contributed by atoms with E-state index in [2.05, 4.69) is 74.8 Å². The Kier molecular flexibility index (Phi) is 2.90. The third-order valence-corrected chi connectivity index (χ3v) is 4.71. The Morgan fingerprint density at radius 2 is 1.85 bits per heavy atom. The van der Waals surface area contributed by atoms with Crippen LogP contribution in [0.1, 0.15) is 22.9 Å². The molecule has 0 saturated heterocycles. The molecule has 0 radical (unpaired) electrons. The first-order valence-electron chi connectivity index (χ1n) is 7.01. The Morgan fingerprint density at radius 1 is 1.05 bits per heavy atom. The fourth-order valence-electron chi connectivity index (χ4n) is 3.24. The molecule has 0 bridgehead atoms. The molecule has 0 fully saturated rings. The van der Waals surface area contributed by atoms with Crippen molar-refractivity contribution in [3.63, 3.8) is 0 Å². The average molecular weight is 328 g/mol. The molecular weight excluding hydrogens is 312 g/mol. The van der Waals surface area contributed by atoms with Gasteiger partial charge in [-0.2, -0.15) is 0 Å². The third-order valence-electron chi connectivity index (χ3n) is 4.18.